The summed E-state index contributed by atoms with van der Waals surface area (Å²) in [5.41, 5.74) is 3.31. The van der Waals surface area contributed by atoms with Crippen LogP contribution in [0.3, 0.4) is 0 Å². The Morgan fingerprint density at radius 3 is 2.38 bits per heavy atom. The number of ether oxygens (including phenoxy) is 1. The summed E-state index contributed by atoms with van der Waals surface area (Å²) in [6, 6.07) is 16.7. The van der Waals surface area contributed by atoms with Crippen LogP contribution < -0.4 is 4.74 Å². The van der Waals surface area contributed by atoms with Crippen molar-refractivity contribution in [1.82, 2.24) is 4.90 Å². The number of esters is 1. The largest absolute Gasteiger partial charge is 0.426 e. The lowest BCUT2D eigenvalue weighted by Gasteiger charge is -2.40. The normalized spacial score (nSPS) is 16.6. The monoisotopic (exact) mass is 407 g/mol. The van der Waals surface area contributed by atoms with Crippen LogP contribution in [0.1, 0.15) is 43.0 Å². The second-order valence-corrected chi connectivity index (χ2v) is 15.1. The van der Waals surface area contributed by atoms with E-state index in [1.165, 1.54) is 5.56 Å². The van der Waals surface area contributed by atoms with Crippen molar-refractivity contribution in [1.29, 1.82) is 0 Å². The standard InChI is InChI=1S/C25H33NO2Si/c1-7-16-26(17-19-12-9-8-10-13-19)18-20-14-11-15-21-22(20)28-24(27)23(21)29(5,6)25(2,3)4/h7-15,23H,1,16-18H2,2-6H3. The summed E-state index contributed by atoms with van der Waals surface area (Å²) in [7, 11) is -1.93. The van der Waals surface area contributed by atoms with Crippen LogP contribution in [0.5, 0.6) is 5.75 Å². The fraction of sp³-hybridized carbons (Fsp3) is 0.400. The molecule has 0 amide bonds. The fourth-order valence-corrected chi connectivity index (χ4v) is 6.45. The molecule has 3 nitrogen and oxygen atoms in total. The van der Waals surface area contributed by atoms with Crippen molar-refractivity contribution in [3.63, 3.8) is 0 Å². The summed E-state index contributed by atoms with van der Waals surface area (Å²) in [5, 5.41) is 0.108. The molecule has 1 unspecified atom stereocenters. The highest BCUT2D eigenvalue weighted by Gasteiger charge is 2.51. The molecule has 154 valence electrons. The van der Waals surface area contributed by atoms with Gasteiger partial charge in [0.05, 0.1) is 13.6 Å². The lowest BCUT2D eigenvalue weighted by Crippen LogP contribution is -2.46. The van der Waals surface area contributed by atoms with E-state index in [1.807, 2.05) is 12.1 Å². The van der Waals surface area contributed by atoms with Crippen molar-refractivity contribution >= 4 is 14.0 Å². The maximum absolute atomic E-state index is 13.0. The van der Waals surface area contributed by atoms with Gasteiger partial charge in [-0.05, 0) is 10.6 Å². The highest BCUT2D eigenvalue weighted by molar-refractivity contribution is 6.84. The molecule has 1 aliphatic rings. The van der Waals surface area contributed by atoms with E-state index in [-0.39, 0.29) is 16.5 Å². The van der Waals surface area contributed by atoms with Crippen LogP contribution in [0.25, 0.3) is 0 Å². The van der Waals surface area contributed by atoms with Gasteiger partial charge in [0.25, 0.3) is 0 Å². The molecule has 0 spiro atoms. The molecule has 2 aromatic rings. The first-order valence-corrected chi connectivity index (χ1v) is 13.4. The number of hydrogen-bond acceptors (Lipinski definition) is 3. The quantitative estimate of drug-likeness (QED) is 0.247. The zero-order valence-electron chi connectivity index (χ0n) is 18.4. The summed E-state index contributed by atoms with van der Waals surface area (Å²) in [6.45, 7) is 17.6. The number of carbonyl (C=O) groups excluding carboxylic acids is 1. The number of nitrogens with zero attached hydrogens (tertiary/aromatic N) is 1. The predicted molar refractivity (Wildman–Crippen MR) is 123 cm³/mol. The maximum Gasteiger partial charge on any atom is 0.316 e. The molecule has 1 aliphatic heterocycles. The van der Waals surface area contributed by atoms with Gasteiger partial charge in [-0.1, -0.05) is 88.5 Å². The van der Waals surface area contributed by atoms with Gasteiger partial charge in [-0.3, -0.25) is 9.69 Å². The summed E-state index contributed by atoms with van der Waals surface area (Å²) >= 11 is 0. The van der Waals surface area contributed by atoms with Crippen LogP contribution in [0.2, 0.25) is 18.1 Å². The third-order valence-corrected chi connectivity index (χ3v) is 12.4. The second kappa shape index (κ2) is 8.29. The molecule has 2 aromatic carbocycles. The van der Waals surface area contributed by atoms with Crippen LogP contribution in [0.4, 0.5) is 0 Å². The first-order chi connectivity index (χ1) is 13.6. The molecular formula is C25H33NO2Si. The molecule has 0 saturated heterocycles. The van der Waals surface area contributed by atoms with E-state index >= 15 is 0 Å². The zero-order valence-corrected chi connectivity index (χ0v) is 19.4. The topological polar surface area (TPSA) is 29.5 Å². The molecular weight excluding hydrogens is 374 g/mol. The molecule has 0 aromatic heterocycles. The Hall–Kier alpha value is -2.17. The second-order valence-electron chi connectivity index (χ2n) is 9.61. The maximum atomic E-state index is 13.0. The van der Waals surface area contributed by atoms with Crippen LogP contribution in [-0.4, -0.2) is 25.5 Å². The van der Waals surface area contributed by atoms with Crippen LogP contribution in [-0.2, 0) is 17.9 Å². The molecule has 1 heterocycles. The molecule has 0 bridgehead atoms. The van der Waals surface area contributed by atoms with E-state index in [2.05, 4.69) is 87.8 Å². The van der Waals surface area contributed by atoms with Gasteiger partial charge in [-0.2, -0.15) is 0 Å². The average Bonchev–Trinajstić information content (AvgIpc) is 2.99. The number of carbonyl (C=O) groups is 1. The van der Waals surface area contributed by atoms with E-state index in [9.17, 15) is 4.79 Å². The van der Waals surface area contributed by atoms with Crippen LogP contribution >= 0.6 is 0 Å². The number of rotatable bonds is 7. The van der Waals surface area contributed by atoms with Crippen molar-refractivity contribution in [2.45, 2.75) is 57.5 Å². The Bertz CT molecular complexity index is 883. The Morgan fingerprint density at radius 1 is 1.07 bits per heavy atom. The van der Waals surface area contributed by atoms with Crippen LogP contribution in [0, 0.1) is 0 Å². The lowest BCUT2D eigenvalue weighted by atomic mass is 10.1. The average molecular weight is 408 g/mol. The van der Waals surface area contributed by atoms with E-state index in [1.54, 1.807) is 0 Å². The number of benzene rings is 2. The third-order valence-electron chi connectivity index (χ3n) is 6.56. The van der Waals surface area contributed by atoms with Gasteiger partial charge < -0.3 is 4.74 Å². The Balaban J connectivity index is 1.91. The Kier molecular flexibility index (Phi) is 6.15. The van der Waals surface area contributed by atoms with E-state index < -0.39 is 8.07 Å². The van der Waals surface area contributed by atoms with Crippen molar-refractivity contribution in [3.8, 4) is 5.75 Å². The van der Waals surface area contributed by atoms with Crippen molar-refractivity contribution in [3.05, 3.63) is 77.9 Å². The zero-order chi connectivity index (χ0) is 21.2. The number of hydrogen-bond donors (Lipinski definition) is 0. The Morgan fingerprint density at radius 2 is 1.76 bits per heavy atom. The minimum absolute atomic E-state index is 0.0719. The van der Waals surface area contributed by atoms with Crippen molar-refractivity contribution in [2.24, 2.45) is 0 Å². The SMILES string of the molecule is C=CCN(Cc1ccccc1)Cc1cccc2c1OC(=O)C2[Si](C)(C)C(C)(C)C. The minimum Gasteiger partial charge on any atom is -0.426 e. The van der Waals surface area contributed by atoms with E-state index in [0.29, 0.717) is 0 Å². The van der Waals surface area contributed by atoms with Gasteiger partial charge in [0, 0.05) is 30.8 Å². The highest BCUT2D eigenvalue weighted by Crippen LogP contribution is 2.50. The molecule has 0 fully saturated rings. The molecule has 0 N–H and O–H groups in total. The minimum atomic E-state index is -1.93. The summed E-state index contributed by atoms with van der Waals surface area (Å²) in [4.78, 5) is 15.3. The molecule has 0 saturated carbocycles. The summed E-state index contributed by atoms with van der Waals surface area (Å²) < 4.78 is 5.90. The molecule has 3 rings (SSSR count). The number of para-hydroxylation sites is 1. The van der Waals surface area contributed by atoms with Gasteiger partial charge in [0.1, 0.15) is 5.75 Å². The van der Waals surface area contributed by atoms with E-state index in [0.717, 1.165) is 36.5 Å². The van der Waals surface area contributed by atoms with Gasteiger partial charge in [0.15, 0.2) is 0 Å². The first kappa shape index (κ1) is 21.5. The third kappa shape index (κ3) is 4.38. The van der Waals surface area contributed by atoms with Gasteiger partial charge >= 0.3 is 5.97 Å². The Labute approximate surface area is 176 Å². The summed E-state index contributed by atoms with van der Waals surface area (Å²) in [5.74, 6) is 0.715. The fourth-order valence-electron chi connectivity index (χ4n) is 3.93. The molecule has 0 aliphatic carbocycles. The van der Waals surface area contributed by atoms with Gasteiger partial charge in [-0.15, -0.1) is 6.58 Å². The summed E-state index contributed by atoms with van der Waals surface area (Å²) in [6.07, 6.45) is 1.93. The molecule has 4 heteroatoms. The first-order valence-electron chi connectivity index (χ1n) is 10.4. The lowest BCUT2D eigenvalue weighted by molar-refractivity contribution is -0.132. The van der Waals surface area contributed by atoms with Crippen LogP contribution in [0.15, 0.2) is 61.2 Å². The number of fused-ring (bicyclic) bond motifs is 1. The van der Waals surface area contributed by atoms with Gasteiger partial charge in [0.2, 0.25) is 0 Å². The van der Waals surface area contributed by atoms with E-state index in [4.69, 9.17) is 4.74 Å². The highest BCUT2D eigenvalue weighted by atomic mass is 28.3. The molecule has 29 heavy (non-hydrogen) atoms. The predicted octanol–water partition coefficient (Wildman–Crippen LogP) is 5.93. The molecule has 0 radical (unpaired) electrons. The van der Waals surface area contributed by atoms with Crippen molar-refractivity contribution in [2.75, 3.05) is 6.54 Å². The van der Waals surface area contributed by atoms with Crippen molar-refractivity contribution < 1.29 is 9.53 Å². The smallest absolute Gasteiger partial charge is 0.316 e. The molecule has 1 atom stereocenters. The van der Waals surface area contributed by atoms with Gasteiger partial charge in [-0.25, -0.2) is 0 Å².